The van der Waals surface area contributed by atoms with Crippen LogP contribution in [-0.2, 0) is 23.2 Å². The number of H-pyrrole nitrogens is 1. The molecule has 7 nitrogen and oxygen atoms in total. The minimum absolute atomic E-state index is 0.0545. The molecule has 0 radical (unpaired) electrons. The number of benzene rings is 1. The molecule has 1 aromatic carbocycles. The summed E-state index contributed by atoms with van der Waals surface area (Å²) in [5.74, 6) is -1.42. The molecule has 3 heterocycles. The summed E-state index contributed by atoms with van der Waals surface area (Å²) in [4.78, 5) is 3.11. The Morgan fingerprint density at radius 1 is 1.16 bits per heavy atom. The van der Waals surface area contributed by atoms with E-state index in [9.17, 15) is 39.2 Å². The van der Waals surface area contributed by atoms with Crippen LogP contribution in [-0.4, -0.2) is 51.5 Å². The Hall–Kier alpha value is -2.68. The zero-order valence-corrected chi connectivity index (χ0v) is 16.9. The highest BCUT2D eigenvalue weighted by Crippen LogP contribution is 2.43. The Bertz CT molecular complexity index is 1290. The summed E-state index contributed by atoms with van der Waals surface area (Å²) in [5, 5.41) is 6.12. The summed E-state index contributed by atoms with van der Waals surface area (Å²) in [6.45, 7) is -0.435. The molecule has 1 aliphatic rings. The van der Waals surface area contributed by atoms with Crippen LogP contribution < -0.4 is 0 Å². The third-order valence-electron chi connectivity index (χ3n) is 5.17. The fourth-order valence-electron chi connectivity index (χ4n) is 3.81. The third-order valence-corrected chi connectivity index (χ3v) is 7.00. The minimum Gasteiger partial charge on any atom is -0.342 e. The average molecular weight is 485 g/mol. The summed E-state index contributed by atoms with van der Waals surface area (Å²) in [5.41, 5.74) is -3.00. The van der Waals surface area contributed by atoms with Crippen LogP contribution in [0.3, 0.4) is 0 Å². The average Bonchev–Trinajstić information content (AvgIpc) is 3.39. The molecule has 0 aliphatic carbocycles. The highest BCUT2D eigenvalue weighted by atomic mass is 32.2. The Morgan fingerprint density at radius 3 is 2.41 bits per heavy atom. The summed E-state index contributed by atoms with van der Waals surface area (Å²) in [6.07, 6.45) is -9.41. The van der Waals surface area contributed by atoms with Gasteiger partial charge in [-0.1, -0.05) is 0 Å². The van der Waals surface area contributed by atoms with Crippen molar-refractivity contribution >= 4 is 20.9 Å². The molecular formula is C17H14F7N5O2S. The molecule has 1 fully saturated rings. The maximum absolute atomic E-state index is 14.6. The Balaban J connectivity index is 1.96. The van der Waals surface area contributed by atoms with Crippen molar-refractivity contribution < 1.29 is 39.2 Å². The Labute approximate surface area is 175 Å². The van der Waals surface area contributed by atoms with Crippen LogP contribution in [0.15, 0.2) is 23.4 Å². The van der Waals surface area contributed by atoms with Gasteiger partial charge in [-0.2, -0.15) is 45.6 Å². The van der Waals surface area contributed by atoms with E-state index in [1.165, 1.54) is 7.05 Å². The van der Waals surface area contributed by atoms with Crippen molar-refractivity contribution in [3.8, 4) is 11.3 Å². The quantitative estimate of drug-likeness (QED) is 0.572. The van der Waals surface area contributed by atoms with E-state index in [1.54, 1.807) is 0 Å². The van der Waals surface area contributed by atoms with Gasteiger partial charge in [0.25, 0.3) is 10.0 Å². The lowest BCUT2D eigenvalue weighted by Gasteiger charge is -2.25. The molecule has 0 bridgehead atoms. The largest absolute Gasteiger partial charge is 0.417 e. The number of nitrogens with zero attached hydrogens (tertiary/aromatic N) is 4. The number of hydrogen-bond donors (Lipinski definition) is 1. The molecule has 0 spiro atoms. The predicted octanol–water partition coefficient (Wildman–Crippen LogP) is 3.84. The van der Waals surface area contributed by atoms with Crippen LogP contribution in [0, 0.1) is 5.82 Å². The van der Waals surface area contributed by atoms with Gasteiger partial charge in [0.05, 0.1) is 17.3 Å². The van der Waals surface area contributed by atoms with Gasteiger partial charge in [0.2, 0.25) is 0 Å². The van der Waals surface area contributed by atoms with Crippen molar-refractivity contribution in [3.63, 3.8) is 0 Å². The standard InChI is InChI=1S/C17H14F7N5O2S/c1-28-25-7-11(27-28)14-8-5-13(26-15(8)10(18)6-9(14)16(19,20)21)32(30,31)29-4-2-3-12(29)17(22,23)24/h5-7,12,26H,2-4H2,1H3/t12-/m0/s1. The highest BCUT2D eigenvalue weighted by Gasteiger charge is 2.51. The molecule has 32 heavy (non-hydrogen) atoms. The van der Waals surface area contributed by atoms with E-state index >= 15 is 0 Å². The van der Waals surface area contributed by atoms with Gasteiger partial charge in [-0.15, -0.1) is 0 Å². The summed E-state index contributed by atoms with van der Waals surface area (Å²) in [7, 11) is -3.49. The van der Waals surface area contributed by atoms with E-state index < -0.39 is 74.3 Å². The summed E-state index contributed by atoms with van der Waals surface area (Å²) in [6, 6.07) is -1.42. The van der Waals surface area contributed by atoms with Crippen LogP contribution in [0.1, 0.15) is 18.4 Å². The lowest BCUT2D eigenvalue weighted by atomic mass is 10.00. The topological polar surface area (TPSA) is 83.9 Å². The fraction of sp³-hybridized carbons (Fsp3) is 0.412. The van der Waals surface area contributed by atoms with Crippen molar-refractivity contribution in [1.29, 1.82) is 0 Å². The van der Waals surface area contributed by atoms with Gasteiger partial charge in [-0.25, -0.2) is 12.8 Å². The monoisotopic (exact) mass is 485 g/mol. The lowest BCUT2D eigenvalue weighted by Crippen LogP contribution is -2.44. The number of alkyl halides is 6. The van der Waals surface area contributed by atoms with Gasteiger partial charge in [0.1, 0.15) is 22.6 Å². The number of sulfonamides is 1. The second kappa shape index (κ2) is 7.16. The number of halogens is 7. The summed E-state index contributed by atoms with van der Waals surface area (Å²) < 4.78 is 121. The van der Waals surface area contributed by atoms with Crippen LogP contribution >= 0.6 is 0 Å². The number of nitrogens with one attached hydrogen (secondary N) is 1. The molecule has 0 unspecified atom stereocenters. The Morgan fingerprint density at radius 2 is 1.84 bits per heavy atom. The smallest absolute Gasteiger partial charge is 0.342 e. The number of fused-ring (bicyclic) bond motifs is 1. The second-order valence-electron chi connectivity index (χ2n) is 7.24. The second-order valence-corrected chi connectivity index (χ2v) is 9.09. The van der Waals surface area contributed by atoms with Crippen LogP contribution in [0.2, 0.25) is 0 Å². The number of aromatic nitrogens is 4. The van der Waals surface area contributed by atoms with Gasteiger partial charge in [0.15, 0.2) is 0 Å². The molecule has 3 aromatic rings. The first-order chi connectivity index (χ1) is 14.7. The maximum Gasteiger partial charge on any atom is 0.417 e. The molecule has 1 N–H and O–H groups in total. The number of rotatable bonds is 3. The zero-order valence-electron chi connectivity index (χ0n) is 16.1. The first kappa shape index (κ1) is 22.5. The zero-order chi connectivity index (χ0) is 23.6. The van der Waals surface area contributed by atoms with Gasteiger partial charge in [-0.05, 0) is 25.0 Å². The minimum atomic E-state index is -5.03. The maximum atomic E-state index is 14.6. The molecule has 1 aliphatic heterocycles. The highest BCUT2D eigenvalue weighted by molar-refractivity contribution is 7.89. The Kier molecular flexibility index (Phi) is 5.04. The van der Waals surface area contributed by atoms with E-state index in [4.69, 9.17) is 0 Å². The van der Waals surface area contributed by atoms with E-state index in [0.29, 0.717) is 6.07 Å². The summed E-state index contributed by atoms with van der Waals surface area (Å²) >= 11 is 0. The van der Waals surface area contributed by atoms with Gasteiger partial charge in [0, 0.05) is 24.5 Å². The molecule has 15 heteroatoms. The molecule has 0 amide bonds. The van der Waals surface area contributed by atoms with E-state index in [0.717, 1.165) is 11.0 Å². The SMILES string of the molecule is Cn1ncc(-c2c(C(F)(F)F)cc(F)c3[nH]c(S(=O)(=O)N4CCC[C@H]4C(F)(F)F)cc23)n1. The predicted molar refractivity (Wildman–Crippen MR) is 96.2 cm³/mol. The third kappa shape index (κ3) is 3.62. The van der Waals surface area contributed by atoms with Crippen molar-refractivity contribution in [2.24, 2.45) is 7.05 Å². The molecule has 1 atom stereocenters. The first-order valence-electron chi connectivity index (χ1n) is 9.09. The fourth-order valence-corrected chi connectivity index (χ4v) is 5.49. The van der Waals surface area contributed by atoms with Crippen molar-refractivity contribution in [3.05, 3.63) is 29.7 Å². The van der Waals surface area contributed by atoms with Crippen molar-refractivity contribution in [2.45, 2.75) is 36.3 Å². The molecule has 2 aromatic heterocycles. The first-order valence-corrected chi connectivity index (χ1v) is 10.5. The van der Waals surface area contributed by atoms with Crippen molar-refractivity contribution in [1.82, 2.24) is 24.3 Å². The lowest BCUT2D eigenvalue weighted by molar-refractivity contribution is -0.165. The normalized spacial score (nSPS) is 18.7. The molecule has 174 valence electrons. The molecule has 0 saturated carbocycles. The number of aromatic amines is 1. The van der Waals surface area contributed by atoms with Crippen LogP contribution in [0.5, 0.6) is 0 Å². The van der Waals surface area contributed by atoms with Gasteiger partial charge >= 0.3 is 12.4 Å². The van der Waals surface area contributed by atoms with E-state index in [-0.39, 0.29) is 22.5 Å². The molecular weight excluding hydrogens is 471 g/mol. The number of hydrogen-bond acceptors (Lipinski definition) is 4. The van der Waals surface area contributed by atoms with Crippen molar-refractivity contribution in [2.75, 3.05) is 6.54 Å². The molecule has 1 saturated heterocycles. The van der Waals surface area contributed by atoms with Crippen LogP contribution in [0.25, 0.3) is 22.2 Å². The van der Waals surface area contributed by atoms with Gasteiger partial charge in [-0.3, -0.25) is 0 Å². The van der Waals surface area contributed by atoms with E-state index in [1.807, 2.05) is 0 Å². The molecule has 4 rings (SSSR count). The van der Waals surface area contributed by atoms with Gasteiger partial charge < -0.3 is 4.98 Å². The number of aryl methyl sites for hydroxylation is 1. The van der Waals surface area contributed by atoms with Crippen LogP contribution in [0.4, 0.5) is 30.7 Å². The van der Waals surface area contributed by atoms with E-state index in [2.05, 4.69) is 15.2 Å².